The molecule has 0 spiro atoms. The molecule has 0 aliphatic heterocycles. The smallest absolute Gasteiger partial charge is 0.0503 e. The number of benzene rings is 2. The van der Waals surface area contributed by atoms with E-state index in [9.17, 15) is 0 Å². The normalized spacial score (nSPS) is 10.4. The molecule has 19 heavy (non-hydrogen) atoms. The highest BCUT2D eigenvalue weighted by molar-refractivity contribution is 5.54. The Hall–Kier alpha value is -2.00. The summed E-state index contributed by atoms with van der Waals surface area (Å²) in [6.45, 7) is 1.46. The zero-order valence-corrected chi connectivity index (χ0v) is 11.2. The SMILES string of the molecule is COCCc1ccccc1NCc1ccccc1N. The third kappa shape index (κ3) is 3.73. The lowest BCUT2D eigenvalue weighted by Crippen LogP contribution is -2.06. The molecular weight excluding hydrogens is 236 g/mol. The van der Waals surface area contributed by atoms with Gasteiger partial charge in [-0.05, 0) is 29.7 Å². The topological polar surface area (TPSA) is 47.3 Å². The minimum Gasteiger partial charge on any atom is -0.398 e. The molecule has 0 fully saturated rings. The van der Waals surface area contributed by atoms with Gasteiger partial charge in [0.05, 0.1) is 6.61 Å². The predicted octanol–water partition coefficient (Wildman–Crippen LogP) is 3.07. The Kier molecular flexibility index (Phi) is 4.81. The van der Waals surface area contributed by atoms with Crippen molar-refractivity contribution in [2.24, 2.45) is 0 Å². The summed E-state index contributed by atoms with van der Waals surface area (Å²) in [5.74, 6) is 0. The minimum atomic E-state index is 0.728. The Morgan fingerprint density at radius 1 is 1.00 bits per heavy atom. The van der Waals surface area contributed by atoms with Gasteiger partial charge in [-0.25, -0.2) is 0 Å². The summed E-state index contributed by atoms with van der Waals surface area (Å²) in [6, 6.07) is 16.2. The van der Waals surface area contributed by atoms with E-state index in [4.69, 9.17) is 10.5 Å². The molecule has 3 heteroatoms. The van der Waals surface area contributed by atoms with Crippen LogP contribution in [0.4, 0.5) is 11.4 Å². The molecule has 0 saturated heterocycles. The molecule has 2 aromatic carbocycles. The van der Waals surface area contributed by atoms with Crippen molar-refractivity contribution in [3.63, 3.8) is 0 Å². The molecule has 0 bridgehead atoms. The second-order valence-electron chi connectivity index (χ2n) is 4.45. The molecule has 3 nitrogen and oxygen atoms in total. The minimum absolute atomic E-state index is 0.728. The van der Waals surface area contributed by atoms with E-state index in [0.29, 0.717) is 0 Å². The summed E-state index contributed by atoms with van der Waals surface area (Å²) < 4.78 is 5.13. The Morgan fingerprint density at radius 3 is 2.42 bits per heavy atom. The van der Waals surface area contributed by atoms with Gasteiger partial charge in [0.15, 0.2) is 0 Å². The fourth-order valence-electron chi connectivity index (χ4n) is 2.01. The lowest BCUT2D eigenvalue weighted by molar-refractivity contribution is 0.202. The molecule has 0 heterocycles. The predicted molar refractivity (Wildman–Crippen MR) is 80.2 cm³/mol. The van der Waals surface area contributed by atoms with Gasteiger partial charge >= 0.3 is 0 Å². The molecule has 0 saturated carbocycles. The van der Waals surface area contributed by atoms with Crippen LogP contribution in [0, 0.1) is 0 Å². The van der Waals surface area contributed by atoms with Crippen molar-refractivity contribution >= 4 is 11.4 Å². The van der Waals surface area contributed by atoms with Crippen LogP contribution in [-0.4, -0.2) is 13.7 Å². The number of ether oxygens (including phenoxy) is 1. The zero-order chi connectivity index (χ0) is 13.5. The zero-order valence-electron chi connectivity index (χ0n) is 11.2. The quantitative estimate of drug-likeness (QED) is 0.781. The molecule has 2 rings (SSSR count). The number of rotatable bonds is 6. The van der Waals surface area contributed by atoms with Gasteiger partial charge in [-0.3, -0.25) is 0 Å². The van der Waals surface area contributed by atoms with Crippen molar-refractivity contribution in [1.29, 1.82) is 0 Å². The van der Waals surface area contributed by atoms with E-state index in [-0.39, 0.29) is 0 Å². The first-order valence-corrected chi connectivity index (χ1v) is 6.45. The van der Waals surface area contributed by atoms with Gasteiger partial charge in [0.2, 0.25) is 0 Å². The van der Waals surface area contributed by atoms with E-state index < -0.39 is 0 Å². The Balaban J connectivity index is 2.05. The monoisotopic (exact) mass is 256 g/mol. The first kappa shape index (κ1) is 13.4. The fraction of sp³-hybridized carbons (Fsp3) is 0.250. The standard InChI is InChI=1S/C16H20N2O/c1-19-11-10-13-6-3-5-9-16(13)18-12-14-7-2-4-8-15(14)17/h2-9,18H,10-12,17H2,1H3. The summed E-state index contributed by atoms with van der Waals surface area (Å²) in [5.41, 5.74) is 10.3. The van der Waals surface area contributed by atoms with Crippen LogP contribution in [0.15, 0.2) is 48.5 Å². The maximum Gasteiger partial charge on any atom is 0.0503 e. The molecule has 0 unspecified atom stereocenters. The number of nitrogens with two attached hydrogens (primary N) is 1. The molecule has 0 aliphatic carbocycles. The van der Waals surface area contributed by atoms with E-state index in [1.54, 1.807) is 7.11 Å². The Morgan fingerprint density at radius 2 is 1.68 bits per heavy atom. The second-order valence-corrected chi connectivity index (χ2v) is 4.45. The molecule has 2 aromatic rings. The summed E-state index contributed by atoms with van der Waals surface area (Å²) in [6.07, 6.45) is 0.907. The van der Waals surface area contributed by atoms with Crippen LogP contribution in [0.2, 0.25) is 0 Å². The number of hydrogen-bond donors (Lipinski definition) is 2. The molecular formula is C16H20N2O. The highest BCUT2D eigenvalue weighted by Crippen LogP contribution is 2.18. The molecule has 0 radical (unpaired) electrons. The van der Waals surface area contributed by atoms with E-state index in [0.717, 1.165) is 36.5 Å². The average molecular weight is 256 g/mol. The number of hydrogen-bond acceptors (Lipinski definition) is 3. The van der Waals surface area contributed by atoms with E-state index in [1.165, 1.54) is 5.56 Å². The van der Waals surface area contributed by atoms with Crippen LogP contribution in [0.25, 0.3) is 0 Å². The maximum atomic E-state index is 5.94. The second kappa shape index (κ2) is 6.81. The van der Waals surface area contributed by atoms with Crippen LogP contribution in [-0.2, 0) is 17.7 Å². The first-order chi connectivity index (χ1) is 9.31. The van der Waals surface area contributed by atoms with Gasteiger partial charge in [0.25, 0.3) is 0 Å². The molecule has 100 valence electrons. The summed E-state index contributed by atoms with van der Waals surface area (Å²) in [4.78, 5) is 0. The van der Waals surface area contributed by atoms with Crippen LogP contribution in [0.5, 0.6) is 0 Å². The molecule has 3 N–H and O–H groups in total. The first-order valence-electron chi connectivity index (χ1n) is 6.45. The van der Waals surface area contributed by atoms with Crippen molar-refractivity contribution in [2.45, 2.75) is 13.0 Å². The van der Waals surface area contributed by atoms with E-state index in [1.807, 2.05) is 36.4 Å². The van der Waals surface area contributed by atoms with Crippen molar-refractivity contribution < 1.29 is 4.74 Å². The lowest BCUT2D eigenvalue weighted by Gasteiger charge is -2.13. The number of methoxy groups -OCH3 is 1. The van der Waals surface area contributed by atoms with Gasteiger partial charge in [-0.2, -0.15) is 0 Å². The van der Waals surface area contributed by atoms with Crippen molar-refractivity contribution in [2.75, 3.05) is 24.8 Å². The van der Waals surface area contributed by atoms with Crippen LogP contribution in [0.1, 0.15) is 11.1 Å². The number of para-hydroxylation sites is 2. The fourth-order valence-corrected chi connectivity index (χ4v) is 2.01. The number of anilines is 2. The van der Waals surface area contributed by atoms with Gasteiger partial charge < -0.3 is 15.8 Å². The summed E-state index contributed by atoms with van der Waals surface area (Å²) in [5, 5.41) is 3.44. The largest absolute Gasteiger partial charge is 0.398 e. The van der Waals surface area contributed by atoms with Gasteiger partial charge in [-0.1, -0.05) is 36.4 Å². The van der Waals surface area contributed by atoms with Gasteiger partial charge in [0, 0.05) is 25.0 Å². The van der Waals surface area contributed by atoms with Gasteiger partial charge in [-0.15, -0.1) is 0 Å². The molecule has 0 aromatic heterocycles. The Bertz CT molecular complexity index is 526. The number of nitrogens with one attached hydrogen (secondary N) is 1. The molecule has 0 atom stereocenters. The van der Waals surface area contributed by atoms with E-state index >= 15 is 0 Å². The van der Waals surface area contributed by atoms with Crippen LogP contribution in [0.3, 0.4) is 0 Å². The highest BCUT2D eigenvalue weighted by atomic mass is 16.5. The van der Waals surface area contributed by atoms with Crippen molar-refractivity contribution in [3.05, 3.63) is 59.7 Å². The summed E-state index contributed by atoms with van der Waals surface area (Å²) >= 11 is 0. The third-order valence-electron chi connectivity index (χ3n) is 3.12. The Labute approximate surface area is 114 Å². The average Bonchev–Trinajstić information content (AvgIpc) is 2.45. The molecule has 0 amide bonds. The van der Waals surface area contributed by atoms with Crippen molar-refractivity contribution in [1.82, 2.24) is 0 Å². The summed E-state index contributed by atoms with van der Waals surface area (Å²) in [7, 11) is 1.72. The van der Waals surface area contributed by atoms with Crippen LogP contribution < -0.4 is 11.1 Å². The highest BCUT2D eigenvalue weighted by Gasteiger charge is 2.02. The maximum absolute atomic E-state index is 5.94. The number of nitrogen functional groups attached to an aromatic ring is 1. The van der Waals surface area contributed by atoms with Gasteiger partial charge in [0.1, 0.15) is 0 Å². The molecule has 0 aliphatic rings. The van der Waals surface area contributed by atoms with Crippen LogP contribution >= 0.6 is 0 Å². The third-order valence-corrected chi connectivity index (χ3v) is 3.12. The van der Waals surface area contributed by atoms with Crippen molar-refractivity contribution in [3.8, 4) is 0 Å². The van der Waals surface area contributed by atoms with E-state index in [2.05, 4.69) is 17.4 Å². The lowest BCUT2D eigenvalue weighted by atomic mass is 10.1.